The number of nitro groups is 1. The SMILES string of the molecule is COc1ccc([N+](=O)[O-])cc1C(=O)N/N=C\c1cc(Br)cc(Br)c1OCc1ccccc1. The first kappa shape index (κ1) is 23.4. The second-order valence-electron chi connectivity index (χ2n) is 6.42. The van der Waals surface area contributed by atoms with Crippen molar-refractivity contribution in [2.45, 2.75) is 6.61 Å². The van der Waals surface area contributed by atoms with Gasteiger partial charge in [0.15, 0.2) is 0 Å². The van der Waals surface area contributed by atoms with E-state index in [2.05, 4.69) is 42.4 Å². The third-order valence-electron chi connectivity index (χ3n) is 4.27. The normalized spacial score (nSPS) is 10.7. The first-order chi connectivity index (χ1) is 15.4. The van der Waals surface area contributed by atoms with Crippen molar-refractivity contribution in [1.29, 1.82) is 0 Å². The van der Waals surface area contributed by atoms with Gasteiger partial charge >= 0.3 is 0 Å². The molecule has 1 N–H and O–H groups in total. The van der Waals surface area contributed by atoms with Crippen molar-refractivity contribution in [3.8, 4) is 11.5 Å². The summed E-state index contributed by atoms with van der Waals surface area (Å²) in [6, 6.07) is 17.1. The summed E-state index contributed by atoms with van der Waals surface area (Å²) in [6.45, 7) is 0.346. The number of hydrazone groups is 1. The van der Waals surface area contributed by atoms with Crippen LogP contribution in [0.4, 0.5) is 5.69 Å². The summed E-state index contributed by atoms with van der Waals surface area (Å²) in [7, 11) is 1.37. The Hall–Kier alpha value is -3.24. The van der Waals surface area contributed by atoms with Crippen LogP contribution in [0.1, 0.15) is 21.5 Å². The van der Waals surface area contributed by atoms with Crippen LogP contribution in [0.2, 0.25) is 0 Å². The molecule has 0 aliphatic heterocycles. The number of nitro benzene ring substituents is 1. The Balaban J connectivity index is 1.80. The molecule has 0 fully saturated rings. The van der Waals surface area contributed by atoms with E-state index in [0.717, 1.165) is 16.1 Å². The highest BCUT2D eigenvalue weighted by molar-refractivity contribution is 9.11. The van der Waals surface area contributed by atoms with Crippen LogP contribution in [0.3, 0.4) is 0 Å². The van der Waals surface area contributed by atoms with E-state index in [1.807, 2.05) is 36.4 Å². The van der Waals surface area contributed by atoms with Crippen molar-refractivity contribution in [2.24, 2.45) is 5.10 Å². The number of benzene rings is 3. The van der Waals surface area contributed by atoms with Gasteiger partial charge in [0.1, 0.15) is 18.1 Å². The molecule has 8 nitrogen and oxygen atoms in total. The van der Waals surface area contributed by atoms with Crippen LogP contribution in [0.15, 0.2) is 74.7 Å². The van der Waals surface area contributed by atoms with Gasteiger partial charge in [-0.1, -0.05) is 46.3 Å². The summed E-state index contributed by atoms with van der Waals surface area (Å²) in [5.74, 6) is 0.0889. The fraction of sp³-hybridized carbons (Fsp3) is 0.0909. The van der Waals surface area contributed by atoms with Crippen molar-refractivity contribution in [3.05, 3.63) is 96.4 Å². The van der Waals surface area contributed by atoms with Crippen molar-refractivity contribution in [2.75, 3.05) is 7.11 Å². The van der Waals surface area contributed by atoms with Crippen molar-refractivity contribution >= 4 is 49.7 Å². The van der Waals surface area contributed by atoms with Crippen molar-refractivity contribution in [1.82, 2.24) is 5.43 Å². The van der Waals surface area contributed by atoms with E-state index < -0.39 is 10.8 Å². The van der Waals surface area contributed by atoms with Gasteiger partial charge in [-0.15, -0.1) is 0 Å². The highest BCUT2D eigenvalue weighted by atomic mass is 79.9. The monoisotopic (exact) mass is 561 g/mol. The molecule has 0 spiro atoms. The van der Waals surface area contributed by atoms with Crippen LogP contribution in [0.25, 0.3) is 0 Å². The summed E-state index contributed by atoms with van der Waals surface area (Å²) < 4.78 is 12.6. The molecule has 0 atom stereocenters. The second kappa shape index (κ2) is 10.9. The molecule has 10 heteroatoms. The van der Waals surface area contributed by atoms with Gasteiger partial charge in [0.25, 0.3) is 11.6 Å². The lowest BCUT2D eigenvalue weighted by molar-refractivity contribution is -0.384. The standard InChI is InChI=1S/C22H17Br2N3O5/c1-31-20-8-7-17(27(29)30)11-18(20)22(28)26-25-12-15-9-16(23)10-19(24)21(15)32-13-14-5-3-2-4-6-14/h2-12H,13H2,1H3,(H,26,28)/b25-12-. The number of carbonyl (C=O) groups is 1. The Morgan fingerprint density at radius 1 is 1.16 bits per heavy atom. The number of nitrogens with zero attached hydrogens (tertiary/aromatic N) is 2. The van der Waals surface area contributed by atoms with Gasteiger partial charge in [-0.2, -0.15) is 5.10 Å². The summed E-state index contributed by atoms with van der Waals surface area (Å²) in [6.07, 6.45) is 1.43. The smallest absolute Gasteiger partial charge is 0.275 e. The van der Waals surface area contributed by atoms with Gasteiger partial charge in [-0.25, -0.2) is 5.43 Å². The number of non-ortho nitro benzene ring substituents is 1. The summed E-state index contributed by atoms with van der Waals surface area (Å²) in [4.78, 5) is 23.0. The van der Waals surface area contributed by atoms with E-state index >= 15 is 0 Å². The molecule has 3 rings (SSSR count). The van der Waals surface area contributed by atoms with Crippen LogP contribution in [0, 0.1) is 10.1 Å². The number of nitrogens with one attached hydrogen (secondary N) is 1. The molecule has 0 aliphatic carbocycles. The maximum absolute atomic E-state index is 12.5. The van der Waals surface area contributed by atoms with Crippen LogP contribution < -0.4 is 14.9 Å². The summed E-state index contributed by atoms with van der Waals surface area (Å²) in [5, 5.41) is 15.0. The molecule has 0 saturated carbocycles. The fourth-order valence-corrected chi connectivity index (χ4v) is 4.14. The van der Waals surface area contributed by atoms with Crippen LogP contribution in [0.5, 0.6) is 11.5 Å². The van der Waals surface area contributed by atoms with Gasteiger partial charge in [0, 0.05) is 22.2 Å². The Labute approximate surface area is 200 Å². The third-order valence-corrected chi connectivity index (χ3v) is 5.32. The van der Waals surface area contributed by atoms with E-state index in [1.54, 1.807) is 6.07 Å². The zero-order chi connectivity index (χ0) is 23.1. The van der Waals surface area contributed by atoms with Crippen molar-refractivity contribution in [3.63, 3.8) is 0 Å². The van der Waals surface area contributed by atoms with Crippen LogP contribution >= 0.6 is 31.9 Å². The molecular formula is C22H17Br2N3O5. The van der Waals surface area contributed by atoms with Gasteiger partial charge in [-0.3, -0.25) is 14.9 Å². The lowest BCUT2D eigenvalue weighted by Crippen LogP contribution is -2.18. The zero-order valence-electron chi connectivity index (χ0n) is 16.7. The number of hydrogen-bond acceptors (Lipinski definition) is 6. The highest BCUT2D eigenvalue weighted by Crippen LogP contribution is 2.32. The minimum Gasteiger partial charge on any atom is -0.496 e. The lowest BCUT2D eigenvalue weighted by Gasteiger charge is -2.12. The highest BCUT2D eigenvalue weighted by Gasteiger charge is 2.17. The molecule has 0 aromatic heterocycles. The van der Waals surface area contributed by atoms with E-state index in [0.29, 0.717) is 22.4 Å². The second-order valence-corrected chi connectivity index (χ2v) is 8.19. The fourth-order valence-electron chi connectivity index (χ4n) is 2.77. The molecule has 0 bridgehead atoms. The molecule has 164 valence electrons. The number of hydrogen-bond donors (Lipinski definition) is 1. The van der Waals surface area contributed by atoms with E-state index in [4.69, 9.17) is 9.47 Å². The molecule has 0 aliphatic rings. The summed E-state index contributed by atoms with van der Waals surface area (Å²) >= 11 is 6.91. The quantitative estimate of drug-likeness (QED) is 0.223. The number of carbonyl (C=O) groups excluding carboxylic acids is 1. The first-order valence-electron chi connectivity index (χ1n) is 9.20. The molecule has 1 amide bonds. The largest absolute Gasteiger partial charge is 0.496 e. The maximum atomic E-state index is 12.5. The minimum atomic E-state index is -0.650. The molecule has 0 saturated heterocycles. The van der Waals surface area contributed by atoms with Gasteiger partial charge in [0.05, 0.1) is 28.3 Å². The van der Waals surface area contributed by atoms with Crippen molar-refractivity contribution < 1.29 is 19.2 Å². The Morgan fingerprint density at radius 2 is 1.91 bits per heavy atom. The topological polar surface area (TPSA) is 103 Å². The molecule has 0 radical (unpaired) electrons. The number of methoxy groups -OCH3 is 1. The maximum Gasteiger partial charge on any atom is 0.275 e. The predicted molar refractivity (Wildman–Crippen MR) is 127 cm³/mol. The van der Waals surface area contributed by atoms with Gasteiger partial charge in [-0.05, 0) is 39.7 Å². The lowest BCUT2D eigenvalue weighted by atomic mass is 10.1. The van der Waals surface area contributed by atoms with Gasteiger partial charge < -0.3 is 9.47 Å². The van der Waals surface area contributed by atoms with E-state index in [1.165, 1.54) is 25.5 Å². The molecular weight excluding hydrogens is 546 g/mol. The average molecular weight is 563 g/mol. The Morgan fingerprint density at radius 3 is 2.59 bits per heavy atom. The Kier molecular flexibility index (Phi) is 7.96. The first-order valence-corrected chi connectivity index (χ1v) is 10.8. The van der Waals surface area contributed by atoms with Crippen LogP contribution in [-0.4, -0.2) is 24.2 Å². The number of ether oxygens (including phenoxy) is 2. The Bertz CT molecular complexity index is 1170. The molecule has 3 aromatic carbocycles. The average Bonchev–Trinajstić information content (AvgIpc) is 2.78. The van der Waals surface area contributed by atoms with E-state index in [9.17, 15) is 14.9 Å². The molecule has 0 heterocycles. The molecule has 3 aromatic rings. The summed E-state index contributed by atoms with van der Waals surface area (Å²) in [5.41, 5.74) is 3.74. The van der Waals surface area contributed by atoms with Crippen LogP contribution in [-0.2, 0) is 6.61 Å². The number of halogens is 2. The minimum absolute atomic E-state index is 0.00479. The third kappa shape index (κ3) is 5.92. The number of amides is 1. The van der Waals surface area contributed by atoms with E-state index in [-0.39, 0.29) is 17.0 Å². The predicted octanol–water partition coefficient (Wildman–Crippen LogP) is 5.47. The molecule has 0 unspecified atom stereocenters. The van der Waals surface area contributed by atoms with Gasteiger partial charge in [0.2, 0.25) is 0 Å². The number of rotatable bonds is 8. The zero-order valence-corrected chi connectivity index (χ0v) is 19.9. The molecule has 32 heavy (non-hydrogen) atoms.